The first-order valence-electron chi connectivity index (χ1n) is 7.84. The van der Waals surface area contributed by atoms with E-state index in [0.717, 1.165) is 4.88 Å². The van der Waals surface area contributed by atoms with Crippen LogP contribution in [0.5, 0.6) is 0 Å². The molecular weight excluding hydrogens is 326 g/mol. The number of carbonyl (C=O) groups excluding carboxylic acids is 2. The number of carbonyl (C=O) groups is 2. The fourth-order valence-electron chi connectivity index (χ4n) is 2.82. The summed E-state index contributed by atoms with van der Waals surface area (Å²) in [5.74, 6) is -0.559. The summed E-state index contributed by atoms with van der Waals surface area (Å²) in [6.45, 7) is 7.52. The standard InChI is InChI=1S/C17H19N3O3S/c1-8(2)14-13-11(7-24-14)17(23)20(10(4)18-13)12-6-5-9(3)15(21)19-16(12)22/h5-9,12H,1-4H3,(H,19,21,22). The quantitative estimate of drug-likeness (QED) is 0.669. The lowest BCUT2D eigenvalue weighted by Gasteiger charge is -2.16. The Hall–Kier alpha value is -2.28. The Kier molecular flexibility index (Phi) is 4.13. The van der Waals surface area contributed by atoms with E-state index in [4.69, 9.17) is 0 Å². The molecule has 3 rings (SSSR count). The molecule has 0 saturated carbocycles. The van der Waals surface area contributed by atoms with Crippen LogP contribution in [0.3, 0.4) is 0 Å². The van der Waals surface area contributed by atoms with Crippen molar-refractivity contribution in [1.29, 1.82) is 0 Å². The zero-order chi connectivity index (χ0) is 17.6. The molecule has 1 aliphatic rings. The number of imide groups is 1. The Bertz CT molecular complexity index is 923. The van der Waals surface area contributed by atoms with Gasteiger partial charge in [-0.1, -0.05) is 32.9 Å². The smallest absolute Gasteiger partial charge is 0.263 e. The lowest BCUT2D eigenvalue weighted by Crippen LogP contribution is -2.40. The molecule has 2 atom stereocenters. The number of aryl methyl sites for hydroxylation is 1. The Morgan fingerprint density at radius 3 is 2.58 bits per heavy atom. The Labute approximate surface area is 143 Å². The number of hydrogen-bond donors (Lipinski definition) is 1. The van der Waals surface area contributed by atoms with E-state index in [2.05, 4.69) is 24.1 Å². The molecule has 0 radical (unpaired) electrons. The van der Waals surface area contributed by atoms with E-state index in [1.165, 1.54) is 15.9 Å². The molecule has 2 aromatic heterocycles. The summed E-state index contributed by atoms with van der Waals surface area (Å²) in [6, 6.07) is -0.870. The molecule has 0 saturated heterocycles. The Morgan fingerprint density at radius 2 is 1.92 bits per heavy atom. The number of rotatable bonds is 2. The van der Waals surface area contributed by atoms with Crippen LogP contribution in [0.15, 0.2) is 22.3 Å². The molecule has 24 heavy (non-hydrogen) atoms. The number of nitrogens with zero attached hydrogens (tertiary/aromatic N) is 2. The fraction of sp³-hybridized carbons (Fsp3) is 0.412. The Balaban J connectivity index is 2.20. The third-order valence-electron chi connectivity index (χ3n) is 4.18. The molecule has 2 unspecified atom stereocenters. The van der Waals surface area contributed by atoms with Crippen LogP contribution in [0.1, 0.15) is 43.4 Å². The molecule has 1 aliphatic heterocycles. The minimum absolute atomic E-state index is 0.257. The summed E-state index contributed by atoms with van der Waals surface area (Å²) in [5, 5.41) is 4.65. The van der Waals surface area contributed by atoms with Crippen LogP contribution in [0.4, 0.5) is 0 Å². The number of nitrogens with one attached hydrogen (secondary N) is 1. The maximum Gasteiger partial charge on any atom is 0.263 e. The van der Waals surface area contributed by atoms with Crippen LogP contribution >= 0.6 is 11.3 Å². The molecule has 7 heteroatoms. The molecule has 6 nitrogen and oxygen atoms in total. The van der Waals surface area contributed by atoms with Gasteiger partial charge in [-0.3, -0.25) is 24.3 Å². The second-order valence-corrected chi connectivity index (χ2v) is 7.23. The minimum Gasteiger partial charge on any atom is -0.294 e. The minimum atomic E-state index is -0.870. The summed E-state index contributed by atoms with van der Waals surface area (Å²) < 4.78 is 1.36. The molecule has 0 bridgehead atoms. The highest BCUT2D eigenvalue weighted by molar-refractivity contribution is 7.11. The lowest BCUT2D eigenvalue weighted by atomic mass is 10.1. The average Bonchev–Trinajstić information content (AvgIpc) is 2.88. The van der Waals surface area contributed by atoms with Crippen molar-refractivity contribution < 1.29 is 9.59 Å². The Morgan fingerprint density at radius 1 is 1.21 bits per heavy atom. The van der Waals surface area contributed by atoms with E-state index in [9.17, 15) is 14.4 Å². The van der Waals surface area contributed by atoms with Crippen LogP contribution in [0.25, 0.3) is 10.9 Å². The molecule has 1 N–H and O–H groups in total. The van der Waals surface area contributed by atoms with Gasteiger partial charge in [0.05, 0.1) is 16.8 Å². The highest BCUT2D eigenvalue weighted by Crippen LogP contribution is 2.29. The van der Waals surface area contributed by atoms with Crippen LogP contribution in [-0.4, -0.2) is 21.4 Å². The first-order chi connectivity index (χ1) is 11.3. The molecular formula is C17H19N3O3S. The highest BCUT2D eigenvalue weighted by Gasteiger charge is 2.28. The molecule has 0 aliphatic carbocycles. The molecule has 0 aromatic carbocycles. The predicted molar refractivity (Wildman–Crippen MR) is 93.2 cm³/mol. The van der Waals surface area contributed by atoms with Crippen LogP contribution in [-0.2, 0) is 9.59 Å². The average molecular weight is 345 g/mol. The predicted octanol–water partition coefficient (Wildman–Crippen LogP) is 2.28. The van der Waals surface area contributed by atoms with E-state index in [1.807, 2.05) is 0 Å². The van der Waals surface area contributed by atoms with Gasteiger partial charge in [0.1, 0.15) is 11.9 Å². The molecule has 2 aromatic rings. The van der Waals surface area contributed by atoms with Crippen molar-refractivity contribution in [2.75, 3.05) is 0 Å². The van der Waals surface area contributed by atoms with Gasteiger partial charge in [0.25, 0.3) is 11.5 Å². The number of aromatic nitrogens is 2. The summed E-state index contributed by atoms with van der Waals surface area (Å²) in [5.41, 5.74) is 0.448. The van der Waals surface area contributed by atoms with Crippen molar-refractivity contribution in [1.82, 2.24) is 14.9 Å². The zero-order valence-corrected chi connectivity index (χ0v) is 14.8. The fourth-order valence-corrected chi connectivity index (χ4v) is 3.82. The van der Waals surface area contributed by atoms with Crippen molar-refractivity contribution in [3.05, 3.63) is 38.6 Å². The molecule has 0 fully saturated rings. The lowest BCUT2D eigenvalue weighted by molar-refractivity contribution is -0.132. The summed E-state index contributed by atoms with van der Waals surface area (Å²) >= 11 is 1.51. The van der Waals surface area contributed by atoms with E-state index in [0.29, 0.717) is 16.7 Å². The molecule has 0 spiro atoms. The molecule has 2 amide bonds. The largest absolute Gasteiger partial charge is 0.294 e. The van der Waals surface area contributed by atoms with Gasteiger partial charge in [-0.25, -0.2) is 4.98 Å². The maximum atomic E-state index is 12.9. The van der Waals surface area contributed by atoms with Crippen molar-refractivity contribution >= 4 is 34.1 Å². The maximum absolute atomic E-state index is 12.9. The van der Waals surface area contributed by atoms with E-state index in [1.54, 1.807) is 31.4 Å². The van der Waals surface area contributed by atoms with Crippen molar-refractivity contribution in [3.8, 4) is 0 Å². The first kappa shape index (κ1) is 16.6. The summed E-state index contributed by atoms with van der Waals surface area (Å²) in [4.78, 5) is 42.7. The number of thiophene rings is 1. The van der Waals surface area contributed by atoms with Crippen LogP contribution < -0.4 is 10.9 Å². The number of fused-ring (bicyclic) bond motifs is 1. The highest BCUT2D eigenvalue weighted by atomic mass is 32.1. The first-order valence-corrected chi connectivity index (χ1v) is 8.72. The van der Waals surface area contributed by atoms with Crippen molar-refractivity contribution in [2.45, 2.75) is 39.7 Å². The van der Waals surface area contributed by atoms with Crippen molar-refractivity contribution in [2.24, 2.45) is 5.92 Å². The monoisotopic (exact) mass is 345 g/mol. The second kappa shape index (κ2) is 5.98. The molecule has 3 heterocycles. The van der Waals surface area contributed by atoms with Crippen LogP contribution in [0.2, 0.25) is 0 Å². The van der Waals surface area contributed by atoms with Gasteiger partial charge in [0, 0.05) is 10.3 Å². The van der Waals surface area contributed by atoms with Gasteiger partial charge in [-0.2, -0.15) is 0 Å². The van der Waals surface area contributed by atoms with Gasteiger partial charge in [0.2, 0.25) is 5.91 Å². The van der Waals surface area contributed by atoms with Gasteiger partial charge in [0.15, 0.2) is 0 Å². The second-order valence-electron chi connectivity index (χ2n) is 6.32. The third-order valence-corrected chi connectivity index (χ3v) is 5.45. The van der Waals surface area contributed by atoms with Gasteiger partial charge in [-0.05, 0) is 12.8 Å². The van der Waals surface area contributed by atoms with Crippen LogP contribution in [0, 0.1) is 12.8 Å². The summed E-state index contributed by atoms with van der Waals surface area (Å²) in [7, 11) is 0. The third kappa shape index (κ3) is 2.58. The summed E-state index contributed by atoms with van der Waals surface area (Å²) in [6.07, 6.45) is 3.25. The zero-order valence-electron chi connectivity index (χ0n) is 14.0. The van der Waals surface area contributed by atoms with E-state index >= 15 is 0 Å². The molecule has 126 valence electrons. The number of amides is 2. The van der Waals surface area contributed by atoms with E-state index in [-0.39, 0.29) is 17.4 Å². The normalized spacial score (nSPS) is 21.4. The topological polar surface area (TPSA) is 81.1 Å². The SMILES string of the molecule is Cc1nc2c(C(C)C)scc2c(=O)n1C1C=CC(C)C(=O)NC1=O. The van der Waals surface area contributed by atoms with Gasteiger partial charge >= 0.3 is 0 Å². The van der Waals surface area contributed by atoms with Gasteiger partial charge < -0.3 is 0 Å². The van der Waals surface area contributed by atoms with E-state index < -0.39 is 17.9 Å². The van der Waals surface area contributed by atoms with Gasteiger partial charge in [-0.15, -0.1) is 11.3 Å². The van der Waals surface area contributed by atoms with Crippen molar-refractivity contribution in [3.63, 3.8) is 0 Å². The number of hydrogen-bond acceptors (Lipinski definition) is 5.